The number of aliphatic hydroxyl groups is 1. The van der Waals surface area contributed by atoms with E-state index in [4.69, 9.17) is 0 Å². The van der Waals surface area contributed by atoms with Crippen LogP contribution in [0.3, 0.4) is 0 Å². The summed E-state index contributed by atoms with van der Waals surface area (Å²) in [6.45, 7) is 8.34. The molecule has 0 amide bonds. The van der Waals surface area contributed by atoms with Crippen molar-refractivity contribution in [1.82, 2.24) is 5.32 Å². The fourth-order valence-electron chi connectivity index (χ4n) is 1.66. The molecule has 0 heterocycles. The molecule has 114 valence electrons. The summed E-state index contributed by atoms with van der Waals surface area (Å²) in [4.78, 5) is 11.3. The molecule has 5 heteroatoms. The number of carbonyl (C=O) groups is 1. The number of carboxylic acid groups (broad SMARTS) is 1. The Morgan fingerprint density at radius 3 is 2.47 bits per heavy atom. The Morgan fingerprint density at radius 2 is 2.00 bits per heavy atom. The van der Waals surface area contributed by atoms with Gasteiger partial charge in [0.2, 0.25) is 0 Å². The van der Waals surface area contributed by atoms with Crippen LogP contribution in [0.4, 0.5) is 0 Å². The lowest BCUT2D eigenvalue weighted by Crippen LogP contribution is -2.49. The fraction of sp³-hybridized carbons (Fsp3) is 0.929. The molecule has 3 unspecified atom stereocenters. The number of thioether (sulfide) groups is 1. The van der Waals surface area contributed by atoms with Gasteiger partial charge in [-0.25, -0.2) is 0 Å². The number of hydrogen-bond acceptors (Lipinski definition) is 4. The Hall–Kier alpha value is -0.260. The number of nitrogens with one attached hydrogen (secondary N) is 1. The van der Waals surface area contributed by atoms with Crippen molar-refractivity contribution >= 4 is 17.7 Å². The lowest BCUT2D eigenvalue weighted by Gasteiger charge is -2.26. The number of unbranched alkanes of at least 4 members (excludes halogenated alkanes) is 1. The van der Waals surface area contributed by atoms with E-state index in [0.717, 1.165) is 31.6 Å². The van der Waals surface area contributed by atoms with Crippen LogP contribution in [0.25, 0.3) is 0 Å². The molecule has 0 rings (SSSR count). The van der Waals surface area contributed by atoms with Crippen LogP contribution in [0.1, 0.15) is 53.4 Å². The summed E-state index contributed by atoms with van der Waals surface area (Å²) in [5.41, 5.74) is -0.809. The largest absolute Gasteiger partial charge is 0.480 e. The number of rotatable bonds is 11. The minimum Gasteiger partial charge on any atom is -0.480 e. The van der Waals surface area contributed by atoms with Gasteiger partial charge < -0.3 is 15.5 Å². The van der Waals surface area contributed by atoms with E-state index >= 15 is 0 Å². The van der Waals surface area contributed by atoms with Gasteiger partial charge in [-0.2, -0.15) is 11.8 Å². The average molecular weight is 291 g/mol. The van der Waals surface area contributed by atoms with Crippen molar-refractivity contribution in [3.05, 3.63) is 0 Å². The van der Waals surface area contributed by atoms with Crippen LogP contribution in [-0.4, -0.2) is 45.4 Å². The van der Waals surface area contributed by atoms with Gasteiger partial charge in [-0.1, -0.05) is 20.3 Å². The van der Waals surface area contributed by atoms with Gasteiger partial charge in [0.05, 0.1) is 6.10 Å². The van der Waals surface area contributed by atoms with Crippen molar-refractivity contribution in [3.8, 4) is 0 Å². The summed E-state index contributed by atoms with van der Waals surface area (Å²) in [6.07, 6.45) is 3.16. The zero-order valence-corrected chi connectivity index (χ0v) is 13.4. The van der Waals surface area contributed by atoms with E-state index in [1.807, 2.05) is 13.8 Å². The molecule has 0 aromatic heterocycles. The maximum Gasteiger partial charge on any atom is 0.323 e. The predicted octanol–water partition coefficient (Wildman–Crippen LogP) is 2.50. The van der Waals surface area contributed by atoms with Crippen molar-refractivity contribution in [3.63, 3.8) is 0 Å². The second-order valence-corrected chi connectivity index (χ2v) is 6.82. The van der Waals surface area contributed by atoms with E-state index < -0.39 is 11.5 Å². The average Bonchev–Trinajstić information content (AvgIpc) is 2.35. The first-order valence-corrected chi connectivity index (χ1v) is 8.16. The molecule has 0 aliphatic rings. The summed E-state index contributed by atoms with van der Waals surface area (Å²) >= 11 is 1.74. The fourth-order valence-corrected chi connectivity index (χ4v) is 2.68. The highest BCUT2D eigenvalue weighted by Gasteiger charge is 2.31. The summed E-state index contributed by atoms with van der Waals surface area (Å²) in [7, 11) is 0. The third-order valence-electron chi connectivity index (χ3n) is 3.37. The van der Waals surface area contributed by atoms with Gasteiger partial charge in [-0.15, -0.1) is 0 Å². The summed E-state index contributed by atoms with van der Waals surface area (Å²) in [5.74, 6) is 0.196. The van der Waals surface area contributed by atoms with Gasteiger partial charge in [0.15, 0.2) is 0 Å². The lowest BCUT2D eigenvalue weighted by atomic mass is 9.95. The predicted molar refractivity (Wildman–Crippen MR) is 81.8 cm³/mol. The second-order valence-electron chi connectivity index (χ2n) is 5.34. The standard InChI is InChI=1S/C14H29NO3S/c1-5-9-15-14(4,13(17)18)8-6-7-10-19-12(3)11(2)16/h11-12,15-16H,5-10H2,1-4H3,(H,17,18). The van der Waals surface area contributed by atoms with Gasteiger partial charge >= 0.3 is 5.97 Å². The highest BCUT2D eigenvalue weighted by Crippen LogP contribution is 2.19. The summed E-state index contributed by atoms with van der Waals surface area (Å²) in [5, 5.41) is 22.0. The monoisotopic (exact) mass is 291 g/mol. The van der Waals surface area contributed by atoms with Gasteiger partial charge in [-0.05, 0) is 45.4 Å². The van der Waals surface area contributed by atoms with Crippen molar-refractivity contribution in [2.24, 2.45) is 0 Å². The molecule has 0 aromatic carbocycles. The first kappa shape index (κ1) is 18.7. The molecule has 3 N–H and O–H groups in total. The SMILES string of the molecule is CCCNC(C)(CCCCSC(C)C(C)O)C(=O)O. The molecule has 0 saturated heterocycles. The third kappa shape index (κ3) is 7.80. The van der Waals surface area contributed by atoms with Crippen molar-refractivity contribution in [2.75, 3.05) is 12.3 Å². The molecule has 0 spiro atoms. The lowest BCUT2D eigenvalue weighted by molar-refractivity contribution is -0.144. The Bertz CT molecular complexity index is 261. The summed E-state index contributed by atoms with van der Waals surface area (Å²) in [6, 6.07) is 0. The quantitative estimate of drug-likeness (QED) is 0.510. The molecule has 4 nitrogen and oxygen atoms in total. The number of carboxylic acids is 1. The topological polar surface area (TPSA) is 69.6 Å². The highest BCUT2D eigenvalue weighted by molar-refractivity contribution is 7.99. The molecule has 0 aliphatic carbocycles. The first-order chi connectivity index (χ1) is 8.83. The smallest absolute Gasteiger partial charge is 0.323 e. The third-order valence-corrected chi connectivity index (χ3v) is 4.81. The van der Waals surface area contributed by atoms with Gasteiger partial charge in [-0.3, -0.25) is 4.79 Å². The van der Waals surface area contributed by atoms with Crippen LogP contribution in [-0.2, 0) is 4.79 Å². The van der Waals surface area contributed by atoms with Crippen molar-refractivity contribution in [1.29, 1.82) is 0 Å². The Labute approximate surface area is 121 Å². The van der Waals surface area contributed by atoms with Crippen LogP contribution in [0.2, 0.25) is 0 Å². The Kier molecular flexibility index (Phi) is 9.48. The van der Waals surface area contributed by atoms with Crippen molar-refractivity contribution in [2.45, 2.75) is 70.3 Å². The maximum absolute atomic E-state index is 11.3. The molecule has 19 heavy (non-hydrogen) atoms. The second kappa shape index (κ2) is 9.61. The van der Waals surface area contributed by atoms with Crippen LogP contribution >= 0.6 is 11.8 Å². The summed E-state index contributed by atoms with van der Waals surface area (Å²) < 4.78 is 0. The van der Waals surface area contributed by atoms with E-state index in [9.17, 15) is 15.0 Å². The van der Waals surface area contributed by atoms with E-state index in [2.05, 4.69) is 5.32 Å². The molecule has 0 fully saturated rings. The van der Waals surface area contributed by atoms with Crippen LogP contribution in [0.15, 0.2) is 0 Å². The normalized spacial score (nSPS) is 17.7. The molecule has 0 radical (unpaired) electrons. The molecule has 0 saturated carbocycles. The zero-order chi connectivity index (χ0) is 14.9. The molecule has 0 aliphatic heterocycles. The number of aliphatic carboxylic acids is 1. The van der Waals surface area contributed by atoms with E-state index in [1.54, 1.807) is 25.6 Å². The minimum absolute atomic E-state index is 0.240. The van der Waals surface area contributed by atoms with E-state index in [1.165, 1.54) is 0 Å². The molecule has 3 atom stereocenters. The van der Waals surface area contributed by atoms with Crippen LogP contribution in [0, 0.1) is 0 Å². The van der Waals surface area contributed by atoms with E-state index in [0.29, 0.717) is 6.42 Å². The minimum atomic E-state index is -0.809. The van der Waals surface area contributed by atoms with E-state index in [-0.39, 0.29) is 11.4 Å². The molecular weight excluding hydrogens is 262 g/mol. The Morgan fingerprint density at radius 1 is 1.37 bits per heavy atom. The van der Waals surface area contributed by atoms with Crippen LogP contribution in [0.5, 0.6) is 0 Å². The molecule has 0 aromatic rings. The first-order valence-electron chi connectivity index (χ1n) is 7.11. The Balaban J connectivity index is 3.91. The van der Waals surface area contributed by atoms with Crippen LogP contribution < -0.4 is 5.32 Å². The molecular formula is C14H29NO3S. The maximum atomic E-state index is 11.3. The van der Waals surface area contributed by atoms with Gasteiger partial charge in [0, 0.05) is 5.25 Å². The van der Waals surface area contributed by atoms with Gasteiger partial charge in [0.25, 0.3) is 0 Å². The van der Waals surface area contributed by atoms with Crippen molar-refractivity contribution < 1.29 is 15.0 Å². The number of hydrogen-bond donors (Lipinski definition) is 3. The highest BCUT2D eigenvalue weighted by atomic mass is 32.2. The van der Waals surface area contributed by atoms with Gasteiger partial charge in [0.1, 0.15) is 5.54 Å². The number of aliphatic hydroxyl groups excluding tert-OH is 1. The molecule has 0 bridgehead atoms. The zero-order valence-electron chi connectivity index (χ0n) is 12.6.